The lowest BCUT2D eigenvalue weighted by atomic mass is 10.1. The van der Waals surface area contributed by atoms with Gasteiger partial charge in [-0.3, -0.25) is 10.1 Å². The molecule has 0 fully saturated rings. The largest absolute Gasteiger partial charge is 0.507 e. The van der Waals surface area contributed by atoms with Crippen LogP contribution in [0.3, 0.4) is 0 Å². The topological polar surface area (TPSA) is 113 Å². The zero-order chi connectivity index (χ0) is 26.9. The van der Waals surface area contributed by atoms with Gasteiger partial charge in [-0.15, -0.1) is 20.5 Å². The summed E-state index contributed by atoms with van der Waals surface area (Å²) in [5, 5.41) is 40.1. The van der Waals surface area contributed by atoms with E-state index < -0.39 is 28.0 Å². The van der Waals surface area contributed by atoms with Crippen molar-refractivity contribution in [2.45, 2.75) is 6.18 Å². The van der Waals surface area contributed by atoms with E-state index in [1.807, 2.05) is 12.1 Å². The maximum absolute atomic E-state index is 13.5. The van der Waals surface area contributed by atoms with Crippen LogP contribution in [0.15, 0.2) is 111 Å². The summed E-state index contributed by atoms with van der Waals surface area (Å²) in [4.78, 5) is 10.0. The van der Waals surface area contributed by atoms with Gasteiger partial charge in [0.1, 0.15) is 5.75 Å². The second kappa shape index (κ2) is 9.69. The predicted octanol–water partition coefficient (Wildman–Crippen LogP) is 9.46. The molecule has 0 aliphatic rings. The van der Waals surface area contributed by atoms with Crippen LogP contribution in [0.4, 0.5) is 41.6 Å². The van der Waals surface area contributed by atoms with Crippen molar-refractivity contribution in [2.75, 3.05) is 0 Å². The molecule has 0 heterocycles. The van der Waals surface area contributed by atoms with E-state index in [4.69, 9.17) is 0 Å². The average Bonchev–Trinajstić information content (AvgIpc) is 2.91. The number of benzene rings is 5. The van der Waals surface area contributed by atoms with Crippen molar-refractivity contribution in [1.29, 1.82) is 0 Å². The zero-order valence-electron chi connectivity index (χ0n) is 19.3. The van der Waals surface area contributed by atoms with Crippen molar-refractivity contribution in [1.82, 2.24) is 0 Å². The van der Waals surface area contributed by atoms with Crippen LogP contribution in [0.2, 0.25) is 0 Å². The number of halogens is 3. The van der Waals surface area contributed by atoms with Crippen molar-refractivity contribution in [2.24, 2.45) is 20.5 Å². The lowest BCUT2D eigenvalue weighted by Crippen LogP contribution is -2.06. The van der Waals surface area contributed by atoms with E-state index in [2.05, 4.69) is 20.5 Å². The number of fused-ring (bicyclic) bond motifs is 2. The van der Waals surface area contributed by atoms with Gasteiger partial charge in [0.05, 0.1) is 33.2 Å². The van der Waals surface area contributed by atoms with Gasteiger partial charge in [0.2, 0.25) is 0 Å². The molecule has 1 N–H and O–H groups in total. The number of non-ortho nitro benzene ring substituents is 1. The van der Waals surface area contributed by atoms with Crippen LogP contribution in [0, 0.1) is 10.1 Å². The third-order valence-corrected chi connectivity index (χ3v) is 5.78. The highest BCUT2D eigenvalue weighted by Crippen LogP contribution is 2.41. The van der Waals surface area contributed by atoms with Crippen LogP contribution in [0.1, 0.15) is 5.56 Å². The Balaban J connectivity index is 1.54. The lowest BCUT2D eigenvalue weighted by Gasteiger charge is -2.09. The number of phenolic OH excluding ortho intramolecular Hbond substituents is 1. The molecular weight excluding hydrogens is 499 g/mol. The van der Waals surface area contributed by atoms with Crippen LogP contribution < -0.4 is 0 Å². The van der Waals surface area contributed by atoms with E-state index in [1.165, 1.54) is 6.07 Å². The number of nitro groups is 1. The molecule has 8 nitrogen and oxygen atoms in total. The third kappa shape index (κ3) is 4.76. The van der Waals surface area contributed by atoms with E-state index in [0.717, 1.165) is 17.5 Å². The van der Waals surface area contributed by atoms with Crippen LogP contribution in [0.5, 0.6) is 5.75 Å². The highest BCUT2D eigenvalue weighted by molar-refractivity contribution is 6.00. The van der Waals surface area contributed by atoms with Crippen LogP contribution in [-0.2, 0) is 6.18 Å². The molecule has 5 aromatic carbocycles. The maximum Gasteiger partial charge on any atom is 0.418 e. The summed E-state index contributed by atoms with van der Waals surface area (Å²) < 4.78 is 40.5. The van der Waals surface area contributed by atoms with E-state index in [0.29, 0.717) is 33.6 Å². The molecular formula is C27H16F3N5O3. The number of hydrogen-bond donors (Lipinski definition) is 1. The van der Waals surface area contributed by atoms with Gasteiger partial charge in [0.15, 0.2) is 0 Å². The number of rotatable bonds is 5. The number of phenols is 1. The zero-order valence-corrected chi connectivity index (χ0v) is 19.3. The van der Waals surface area contributed by atoms with Gasteiger partial charge in [-0.25, -0.2) is 0 Å². The fraction of sp³-hybridized carbons (Fsp3) is 0.0370. The van der Waals surface area contributed by atoms with Crippen LogP contribution in [-0.4, -0.2) is 10.0 Å². The molecule has 0 atom stereocenters. The quantitative estimate of drug-likeness (QED) is 0.143. The summed E-state index contributed by atoms with van der Waals surface area (Å²) in [6, 6.07) is 22.9. The van der Waals surface area contributed by atoms with E-state index in [1.54, 1.807) is 54.6 Å². The van der Waals surface area contributed by atoms with E-state index >= 15 is 0 Å². The first-order valence-corrected chi connectivity index (χ1v) is 11.1. The van der Waals surface area contributed by atoms with Crippen LogP contribution in [0.25, 0.3) is 21.5 Å². The second-order valence-electron chi connectivity index (χ2n) is 8.16. The Morgan fingerprint density at radius 3 is 1.55 bits per heavy atom. The maximum atomic E-state index is 13.5. The molecule has 0 spiro atoms. The Morgan fingerprint density at radius 1 is 0.632 bits per heavy atom. The fourth-order valence-electron chi connectivity index (χ4n) is 3.96. The van der Waals surface area contributed by atoms with Gasteiger partial charge >= 0.3 is 6.18 Å². The summed E-state index contributed by atoms with van der Waals surface area (Å²) in [6.07, 6.45) is -4.86. The van der Waals surface area contributed by atoms with Crippen molar-refractivity contribution in [3.05, 3.63) is 107 Å². The summed E-state index contributed by atoms with van der Waals surface area (Å²) >= 11 is 0. The van der Waals surface area contributed by atoms with Gasteiger partial charge in [-0.1, -0.05) is 48.5 Å². The fourth-order valence-corrected chi connectivity index (χ4v) is 3.96. The minimum atomic E-state index is -4.86. The minimum absolute atomic E-state index is 0.126. The number of alkyl halides is 3. The normalized spacial score (nSPS) is 12.2. The van der Waals surface area contributed by atoms with Crippen molar-refractivity contribution < 1.29 is 23.2 Å². The average molecular weight is 515 g/mol. The molecule has 5 rings (SSSR count). The highest BCUT2D eigenvalue weighted by atomic mass is 19.4. The molecule has 0 saturated heterocycles. The Bertz CT molecular complexity index is 1770. The third-order valence-electron chi connectivity index (χ3n) is 5.78. The Morgan fingerprint density at radius 2 is 1.05 bits per heavy atom. The molecule has 188 valence electrons. The molecule has 0 aromatic heterocycles. The first-order chi connectivity index (χ1) is 18.2. The first kappa shape index (κ1) is 24.5. The first-order valence-electron chi connectivity index (χ1n) is 11.1. The molecule has 5 aromatic rings. The summed E-state index contributed by atoms with van der Waals surface area (Å²) in [6.45, 7) is 0. The molecule has 0 amide bonds. The Labute approximate surface area is 212 Å². The van der Waals surface area contributed by atoms with Crippen LogP contribution >= 0.6 is 0 Å². The molecule has 38 heavy (non-hydrogen) atoms. The molecule has 0 saturated carbocycles. The summed E-state index contributed by atoms with van der Waals surface area (Å²) in [5.74, 6) is 0.126. The standard InChI is InChI=1S/C27H16F3N5O3/c28-27(29,30)21-15-16(35(37)38)9-10-25(21)34-33-23-12-11-22(17-5-1-2-6-18(17)23)31-32-24-13-14-26(36)20-8-4-3-7-19(20)24/h1-15,36H. The number of nitrogens with zero attached hydrogens (tertiary/aromatic N) is 5. The number of aromatic hydroxyl groups is 1. The smallest absolute Gasteiger partial charge is 0.418 e. The van der Waals surface area contributed by atoms with Crippen molar-refractivity contribution in [3.63, 3.8) is 0 Å². The molecule has 0 bridgehead atoms. The SMILES string of the molecule is O=[N+]([O-])c1ccc(N=Nc2ccc(N=Nc3ccc(O)c4ccccc34)c3ccccc23)c(C(F)(F)F)c1. The number of azo groups is 2. The molecule has 0 unspecified atom stereocenters. The van der Waals surface area contributed by atoms with E-state index in [-0.39, 0.29) is 11.4 Å². The Hall–Kier alpha value is -5.19. The molecule has 0 radical (unpaired) electrons. The minimum Gasteiger partial charge on any atom is -0.507 e. The van der Waals surface area contributed by atoms with Crippen molar-refractivity contribution >= 4 is 50.0 Å². The van der Waals surface area contributed by atoms with Gasteiger partial charge < -0.3 is 5.11 Å². The molecule has 11 heteroatoms. The lowest BCUT2D eigenvalue weighted by molar-refractivity contribution is -0.385. The van der Waals surface area contributed by atoms with Gasteiger partial charge in [-0.2, -0.15) is 13.2 Å². The van der Waals surface area contributed by atoms with Gasteiger partial charge in [0.25, 0.3) is 5.69 Å². The monoisotopic (exact) mass is 515 g/mol. The highest BCUT2D eigenvalue weighted by Gasteiger charge is 2.35. The number of nitro benzene ring substituents is 1. The van der Waals surface area contributed by atoms with E-state index in [9.17, 15) is 28.4 Å². The number of hydrogen-bond acceptors (Lipinski definition) is 7. The molecule has 0 aliphatic heterocycles. The van der Waals surface area contributed by atoms with Gasteiger partial charge in [-0.05, 0) is 30.3 Å². The summed E-state index contributed by atoms with van der Waals surface area (Å²) in [5.41, 5.74) is -1.19. The summed E-state index contributed by atoms with van der Waals surface area (Å²) in [7, 11) is 0. The Kier molecular flexibility index (Phi) is 6.25. The van der Waals surface area contributed by atoms with Gasteiger partial charge in [0, 0.05) is 33.7 Å². The predicted molar refractivity (Wildman–Crippen MR) is 136 cm³/mol. The second-order valence-corrected chi connectivity index (χ2v) is 8.16. The molecule has 0 aliphatic carbocycles. The van der Waals surface area contributed by atoms with Crippen molar-refractivity contribution in [3.8, 4) is 5.75 Å².